The summed E-state index contributed by atoms with van der Waals surface area (Å²) in [5.41, 5.74) is 23.9. The van der Waals surface area contributed by atoms with Crippen molar-refractivity contribution >= 4 is 51.1 Å². The van der Waals surface area contributed by atoms with Crippen molar-refractivity contribution in [2.75, 3.05) is 16.8 Å². The molecule has 17 heteroatoms. The molecular formula is C40H33ClN16. The van der Waals surface area contributed by atoms with E-state index in [2.05, 4.69) is 56.2 Å². The molecule has 280 valence electrons. The van der Waals surface area contributed by atoms with Gasteiger partial charge in [0.15, 0.2) is 16.4 Å². The summed E-state index contributed by atoms with van der Waals surface area (Å²) in [4.78, 5) is 42.0. The molecule has 16 nitrogen and oxygen atoms in total. The minimum atomic E-state index is -0.287. The van der Waals surface area contributed by atoms with Gasteiger partial charge in [-0.2, -0.15) is 10.5 Å². The lowest BCUT2D eigenvalue weighted by Gasteiger charge is -2.19. The van der Waals surface area contributed by atoms with Crippen LogP contribution in [0.5, 0.6) is 0 Å². The maximum absolute atomic E-state index is 9.37. The number of fused-ring (bicyclic) bond motifs is 2. The smallest absolute Gasteiger partial charge is 0.159 e. The predicted molar refractivity (Wildman–Crippen MR) is 218 cm³/mol. The number of halogens is 1. The van der Waals surface area contributed by atoms with E-state index in [1.807, 2.05) is 86.6 Å². The molecule has 0 amide bonds. The van der Waals surface area contributed by atoms with Crippen LogP contribution in [0.3, 0.4) is 0 Å². The van der Waals surface area contributed by atoms with Gasteiger partial charge in [0.05, 0.1) is 28.8 Å². The van der Waals surface area contributed by atoms with Crippen molar-refractivity contribution in [3.8, 4) is 34.7 Å². The summed E-state index contributed by atoms with van der Waals surface area (Å²) in [6.45, 7) is 3.85. The number of pyridine rings is 6. The highest BCUT2D eigenvalue weighted by molar-refractivity contribution is 6.30. The molecule has 57 heavy (non-hydrogen) atoms. The van der Waals surface area contributed by atoms with Gasteiger partial charge >= 0.3 is 0 Å². The Bertz CT molecular complexity index is 2720. The van der Waals surface area contributed by atoms with Crippen LogP contribution in [0, 0.1) is 22.7 Å². The first-order valence-corrected chi connectivity index (χ1v) is 17.6. The summed E-state index contributed by atoms with van der Waals surface area (Å²) in [7, 11) is 0. The molecule has 8 rings (SSSR count). The molecule has 0 aromatic carbocycles. The largest absolute Gasteiger partial charge is 0.382 e. The number of nitrogens with zero attached hydrogens (tertiary/aromatic N) is 12. The van der Waals surface area contributed by atoms with Crippen molar-refractivity contribution in [2.45, 2.75) is 25.9 Å². The van der Waals surface area contributed by atoms with E-state index in [-0.39, 0.29) is 40.0 Å². The Balaban J connectivity index is 0.000000162. The van der Waals surface area contributed by atoms with E-state index < -0.39 is 0 Å². The van der Waals surface area contributed by atoms with Gasteiger partial charge < -0.3 is 22.5 Å². The van der Waals surface area contributed by atoms with E-state index in [1.54, 1.807) is 30.9 Å². The zero-order valence-corrected chi connectivity index (χ0v) is 31.3. The van der Waals surface area contributed by atoms with Crippen molar-refractivity contribution in [2.24, 2.45) is 5.73 Å². The molecule has 0 aliphatic rings. The lowest BCUT2D eigenvalue weighted by Crippen LogP contribution is -2.14. The van der Waals surface area contributed by atoms with Crippen LogP contribution >= 0.6 is 11.6 Å². The van der Waals surface area contributed by atoms with Gasteiger partial charge in [-0.3, -0.25) is 9.97 Å². The summed E-state index contributed by atoms with van der Waals surface area (Å²) < 4.78 is 0. The minimum absolute atomic E-state index is 0.0926. The number of aromatic nitrogens is 10. The normalized spacial score (nSPS) is 11.5. The monoisotopic (exact) mass is 772 g/mol. The van der Waals surface area contributed by atoms with Gasteiger partial charge in [-0.25, -0.2) is 39.9 Å². The second-order valence-electron chi connectivity index (χ2n) is 12.2. The lowest BCUT2D eigenvalue weighted by molar-refractivity contribution is 0.787. The lowest BCUT2D eigenvalue weighted by atomic mass is 10.0. The second kappa shape index (κ2) is 18.0. The molecule has 0 aliphatic carbocycles. The highest BCUT2D eigenvalue weighted by Gasteiger charge is 2.19. The van der Waals surface area contributed by atoms with Crippen LogP contribution in [0.15, 0.2) is 110 Å². The topological polar surface area (TPSA) is 267 Å². The summed E-state index contributed by atoms with van der Waals surface area (Å²) in [5.74, 6) is 0.602. The standard InChI is InChI=1S/C20H16N8.C15H14N4.C5H3ClN4/c1-12(27-20-15(10-21)18(22)25-11-26-20)17-14(16-6-2-3-7-23-16)9-13-5-4-8-24-19(13)28-17;1-10(16)14-12(13-6-2-3-7-17-13)9-11-5-4-8-18-15(11)19-14;6-4-3(1-7)5(8)10-2-9-4/h2-9,11-12H,1H3,(H3,22,25,26,27);2-10H,16H2,1H3;2H,(H2,8,9,10). The van der Waals surface area contributed by atoms with Crippen molar-refractivity contribution in [3.05, 3.63) is 138 Å². The first-order chi connectivity index (χ1) is 27.7. The number of rotatable bonds is 6. The Kier molecular flexibility index (Phi) is 12.3. The molecule has 0 saturated carbocycles. The molecule has 0 saturated heterocycles. The molecule has 0 radical (unpaired) electrons. The number of nitrogens with one attached hydrogen (secondary N) is 1. The van der Waals surface area contributed by atoms with Crippen LogP contribution in [0.2, 0.25) is 5.15 Å². The maximum atomic E-state index is 9.37. The van der Waals surface area contributed by atoms with Gasteiger partial charge in [-0.1, -0.05) is 23.7 Å². The van der Waals surface area contributed by atoms with Gasteiger partial charge in [0.2, 0.25) is 0 Å². The van der Waals surface area contributed by atoms with E-state index in [1.165, 1.54) is 12.7 Å². The van der Waals surface area contributed by atoms with Gasteiger partial charge in [-0.15, -0.1) is 0 Å². The van der Waals surface area contributed by atoms with Crippen LogP contribution in [0.25, 0.3) is 44.6 Å². The number of hydrogen-bond acceptors (Lipinski definition) is 16. The van der Waals surface area contributed by atoms with Crippen molar-refractivity contribution in [1.29, 1.82) is 10.5 Å². The van der Waals surface area contributed by atoms with Gasteiger partial charge in [0.25, 0.3) is 0 Å². The summed E-state index contributed by atoms with van der Waals surface area (Å²) in [6.07, 6.45) is 9.48. The number of hydrogen-bond donors (Lipinski definition) is 4. The molecule has 0 aliphatic heterocycles. The average molecular weight is 773 g/mol. The molecule has 0 spiro atoms. The molecule has 8 heterocycles. The number of nitriles is 2. The summed E-state index contributed by atoms with van der Waals surface area (Å²) in [5, 5.41) is 23.0. The highest BCUT2D eigenvalue weighted by Crippen LogP contribution is 2.31. The fourth-order valence-electron chi connectivity index (χ4n) is 5.54. The fraction of sp³-hybridized carbons (Fsp3) is 0.100. The number of anilines is 3. The fourth-order valence-corrected chi connectivity index (χ4v) is 5.73. The Morgan fingerprint density at radius 2 is 1.12 bits per heavy atom. The second-order valence-corrected chi connectivity index (χ2v) is 12.5. The van der Waals surface area contributed by atoms with Gasteiger partial charge in [0.1, 0.15) is 53.4 Å². The maximum Gasteiger partial charge on any atom is 0.159 e. The Labute approximate surface area is 331 Å². The summed E-state index contributed by atoms with van der Waals surface area (Å²) in [6, 6.07) is 26.7. The van der Waals surface area contributed by atoms with Gasteiger partial charge in [-0.05, 0) is 74.5 Å². The first kappa shape index (κ1) is 38.9. The molecule has 8 aromatic rings. The molecule has 0 bridgehead atoms. The zero-order valence-electron chi connectivity index (χ0n) is 30.5. The van der Waals surface area contributed by atoms with Crippen LogP contribution in [0.4, 0.5) is 17.5 Å². The number of nitrogens with two attached hydrogens (primary N) is 3. The third-order valence-corrected chi connectivity index (χ3v) is 8.53. The number of nitrogen functional groups attached to an aromatic ring is 2. The third kappa shape index (κ3) is 9.13. The molecule has 2 atom stereocenters. The Morgan fingerprint density at radius 1 is 0.614 bits per heavy atom. The minimum Gasteiger partial charge on any atom is -0.382 e. The molecular weight excluding hydrogens is 740 g/mol. The van der Waals surface area contributed by atoms with E-state index >= 15 is 0 Å². The van der Waals surface area contributed by atoms with Crippen LogP contribution in [0.1, 0.15) is 48.4 Å². The molecule has 7 N–H and O–H groups in total. The van der Waals surface area contributed by atoms with E-state index in [0.717, 1.165) is 50.3 Å². The van der Waals surface area contributed by atoms with Crippen LogP contribution < -0.4 is 22.5 Å². The average Bonchev–Trinajstić information content (AvgIpc) is 3.24. The van der Waals surface area contributed by atoms with Crippen molar-refractivity contribution in [1.82, 2.24) is 49.8 Å². The summed E-state index contributed by atoms with van der Waals surface area (Å²) >= 11 is 5.48. The van der Waals surface area contributed by atoms with Crippen LogP contribution in [-0.2, 0) is 0 Å². The molecule has 8 aromatic heterocycles. The predicted octanol–water partition coefficient (Wildman–Crippen LogP) is 6.40. The zero-order chi connectivity index (χ0) is 40.3. The SMILES string of the molecule is CC(N)c1nc2ncccc2cc1-c1ccccn1.CC(Nc1ncnc(N)c1C#N)c1nc2ncccc2cc1-c1ccccn1.N#Cc1c(N)ncnc1Cl. The molecule has 2 unspecified atom stereocenters. The van der Waals surface area contributed by atoms with Crippen molar-refractivity contribution < 1.29 is 0 Å². The Morgan fingerprint density at radius 3 is 1.61 bits per heavy atom. The third-order valence-electron chi connectivity index (χ3n) is 8.24. The first-order valence-electron chi connectivity index (χ1n) is 17.2. The van der Waals surface area contributed by atoms with E-state index in [9.17, 15) is 5.26 Å². The van der Waals surface area contributed by atoms with E-state index in [0.29, 0.717) is 11.5 Å². The van der Waals surface area contributed by atoms with Gasteiger partial charge in [0, 0.05) is 52.7 Å². The van der Waals surface area contributed by atoms with E-state index in [4.69, 9.17) is 39.0 Å². The van der Waals surface area contributed by atoms with Crippen molar-refractivity contribution in [3.63, 3.8) is 0 Å². The highest BCUT2D eigenvalue weighted by atomic mass is 35.5. The quantitative estimate of drug-likeness (QED) is 0.133. The Hall–Kier alpha value is -7.79. The molecule has 0 fully saturated rings. The van der Waals surface area contributed by atoms with Crippen LogP contribution in [-0.4, -0.2) is 49.8 Å².